The lowest BCUT2D eigenvalue weighted by molar-refractivity contribution is 0.174. The van der Waals surface area contributed by atoms with Crippen molar-refractivity contribution < 1.29 is 9.47 Å². The molecule has 23 heavy (non-hydrogen) atoms. The van der Waals surface area contributed by atoms with Gasteiger partial charge in [0.15, 0.2) is 17.5 Å². The van der Waals surface area contributed by atoms with Crippen LogP contribution in [0.1, 0.15) is 18.2 Å². The van der Waals surface area contributed by atoms with Gasteiger partial charge in [0, 0.05) is 12.7 Å². The Morgan fingerprint density at radius 1 is 1.26 bits per heavy atom. The zero-order valence-electron chi connectivity index (χ0n) is 12.8. The summed E-state index contributed by atoms with van der Waals surface area (Å²) in [6.45, 7) is 4.34. The summed E-state index contributed by atoms with van der Waals surface area (Å²) in [5.41, 5.74) is 2.08. The maximum Gasteiger partial charge on any atom is 0.231 e. The molecule has 1 aromatic carbocycles. The maximum absolute atomic E-state index is 5.38. The number of fused-ring (bicyclic) bond motifs is 1. The number of nitrogens with one attached hydrogen (secondary N) is 3. The van der Waals surface area contributed by atoms with E-state index in [1.54, 1.807) is 6.20 Å². The lowest BCUT2D eigenvalue weighted by Gasteiger charge is -2.10. The lowest BCUT2D eigenvalue weighted by Crippen LogP contribution is -2.36. The van der Waals surface area contributed by atoms with Crippen molar-refractivity contribution in [2.45, 2.75) is 20.0 Å². The normalized spacial score (nSPS) is 12.7. The molecule has 0 fully saturated rings. The van der Waals surface area contributed by atoms with E-state index in [0.717, 1.165) is 35.3 Å². The number of benzene rings is 1. The molecule has 1 aromatic heterocycles. The van der Waals surface area contributed by atoms with Crippen LogP contribution >= 0.6 is 24.0 Å². The van der Waals surface area contributed by atoms with Crippen LogP contribution in [0.25, 0.3) is 0 Å². The summed E-state index contributed by atoms with van der Waals surface area (Å²) in [4.78, 5) is 4.57. The number of aromatic nitrogens is 2. The van der Waals surface area contributed by atoms with Crippen LogP contribution in [0, 0.1) is 0 Å². The Hall–Kier alpha value is -1.97. The zero-order valence-corrected chi connectivity index (χ0v) is 15.2. The second-order valence-electron chi connectivity index (χ2n) is 4.82. The zero-order chi connectivity index (χ0) is 15.2. The number of nitrogens with zero attached hydrogens (tertiary/aromatic N) is 2. The van der Waals surface area contributed by atoms with Crippen LogP contribution in [0.15, 0.2) is 35.5 Å². The van der Waals surface area contributed by atoms with E-state index in [-0.39, 0.29) is 30.8 Å². The fourth-order valence-electron chi connectivity index (χ4n) is 2.11. The van der Waals surface area contributed by atoms with Gasteiger partial charge >= 0.3 is 0 Å². The minimum Gasteiger partial charge on any atom is -0.454 e. The molecule has 1 aliphatic heterocycles. The molecule has 0 amide bonds. The molecule has 3 N–H and O–H groups in total. The van der Waals surface area contributed by atoms with E-state index >= 15 is 0 Å². The van der Waals surface area contributed by atoms with Gasteiger partial charge in [-0.25, -0.2) is 4.99 Å². The molecule has 0 aliphatic carbocycles. The van der Waals surface area contributed by atoms with E-state index in [4.69, 9.17) is 9.47 Å². The van der Waals surface area contributed by atoms with Crippen molar-refractivity contribution in [3.63, 3.8) is 0 Å². The molecule has 2 heterocycles. The highest BCUT2D eigenvalue weighted by Crippen LogP contribution is 2.32. The second kappa shape index (κ2) is 8.61. The number of aliphatic imine (C=N–C) groups is 1. The monoisotopic (exact) mass is 429 g/mol. The molecule has 0 spiro atoms. The van der Waals surface area contributed by atoms with Crippen molar-refractivity contribution in [3.05, 3.63) is 41.7 Å². The number of halogens is 1. The predicted octanol–water partition coefficient (Wildman–Crippen LogP) is 2.01. The minimum atomic E-state index is 0. The summed E-state index contributed by atoms with van der Waals surface area (Å²) in [6.07, 6.45) is 1.73. The molecule has 0 bridgehead atoms. The first-order chi connectivity index (χ1) is 10.8. The first-order valence-electron chi connectivity index (χ1n) is 7.24. The SMILES string of the molecule is CCNC(=NCc1ccc2c(c1)OCO2)NCc1ccn[nH]1.I. The van der Waals surface area contributed by atoms with Gasteiger partial charge in [0.05, 0.1) is 18.8 Å². The Kier molecular flexibility index (Phi) is 6.51. The number of H-pyrrole nitrogens is 1. The van der Waals surface area contributed by atoms with Crippen LogP contribution in [0.4, 0.5) is 0 Å². The first kappa shape index (κ1) is 17.4. The number of rotatable bonds is 5. The molecular weight excluding hydrogens is 409 g/mol. The van der Waals surface area contributed by atoms with Crippen molar-refractivity contribution in [1.82, 2.24) is 20.8 Å². The van der Waals surface area contributed by atoms with Crippen LogP contribution in [0.3, 0.4) is 0 Å². The number of guanidine groups is 1. The van der Waals surface area contributed by atoms with Gasteiger partial charge < -0.3 is 20.1 Å². The highest BCUT2D eigenvalue weighted by Gasteiger charge is 2.12. The Labute approximate surface area is 151 Å². The molecule has 0 unspecified atom stereocenters. The summed E-state index contributed by atoms with van der Waals surface area (Å²) < 4.78 is 10.7. The van der Waals surface area contributed by atoms with Crippen LogP contribution in [-0.2, 0) is 13.1 Å². The highest BCUT2D eigenvalue weighted by atomic mass is 127. The first-order valence-corrected chi connectivity index (χ1v) is 7.24. The average molecular weight is 429 g/mol. The van der Waals surface area contributed by atoms with E-state index in [2.05, 4.69) is 25.8 Å². The standard InChI is InChI=1S/C15H19N5O2.HI/c1-2-16-15(18-9-12-5-6-19-20-12)17-8-11-3-4-13-14(7-11)22-10-21-13;/h3-7H,2,8-10H2,1H3,(H,19,20)(H2,16,17,18);1H. The van der Waals surface area contributed by atoms with Gasteiger partial charge in [-0.3, -0.25) is 5.10 Å². The number of hydrogen-bond donors (Lipinski definition) is 3. The van der Waals surface area contributed by atoms with Crippen LogP contribution in [0.2, 0.25) is 0 Å². The molecule has 2 aromatic rings. The van der Waals surface area contributed by atoms with Crippen molar-refractivity contribution in [3.8, 4) is 11.5 Å². The minimum absolute atomic E-state index is 0. The van der Waals surface area contributed by atoms with Crippen molar-refractivity contribution in [2.24, 2.45) is 4.99 Å². The molecule has 0 radical (unpaired) electrons. The summed E-state index contributed by atoms with van der Waals surface area (Å²) in [5.74, 6) is 2.33. The van der Waals surface area contributed by atoms with Gasteiger partial charge in [-0.1, -0.05) is 6.07 Å². The fraction of sp³-hybridized carbons (Fsp3) is 0.333. The largest absolute Gasteiger partial charge is 0.454 e. The third-order valence-corrected chi connectivity index (χ3v) is 3.21. The Morgan fingerprint density at radius 3 is 2.91 bits per heavy atom. The lowest BCUT2D eigenvalue weighted by atomic mass is 10.2. The van der Waals surface area contributed by atoms with Crippen LogP contribution in [-0.4, -0.2) is 29.5 Å². The van der Waals surface area contributed by atoms with Gasteiger partial charge in [-0.15, -0.1) is 24.0 Å². The summed E-state index contributed by atoms with van der Waals surface area (Å²) in [7, 11) is 0. The van der Waals surface area contributed by atoms with Crippen molar-refractivity contribution in [2.75, 3.05) is 13.3 Å². The number of ether oxygens (including phenoxy) is 2. The maximum atomic E-state index is 5.38. The van der Waals surface area contributed by atoms with Crippen molar-refractivity contribution >= 4 is 29.9 Å². The molecule has 0 saturated heterocycles. The number of hydrogen-bond acceptors (Lipinski definition) is 4. The van der Waals surface area contributed by atoms with E-state index < -0.39 is 0 Å². The fourth-order valence-corrected chi connectivity index (χ4v) is 2.11. The number of aromatic amines is 1. The predicted molar refractivity (Wildman–Crippen MR) is 98.2 cm³/mol. The van der Waals surface area contributed by atoms with Gasteiger partial charge in [0.1, 0.15) is 0 Å². The van der Waals surface area contributed by atoms with E-state index in [1.165, 1.54) is 0 Å². The smallest absolute Gasteiger partial charge is 0.231 e. The quantitative estimate of drug-likeness (QED) is 0.385. The molecule has 0 saturated carbocycles. The molecule has 8 heteroatoms. The van der Waals surface area contributed by atoms with Crippen LogP contribution < -0.4 is 20.1 Å². The van der Waals surface area contributed by atoms with Crippen molar-refractivity contribution in [1.29, 1.82) is 0 Å². The van der Waals surface area contributed by atoms with Gasteiger partial charge in [-0.05, 0) is 30.7 Å². The third kappa shape index (κ3) is 4.75. The summed E-state index contributed by atoms with van der Waals surface area (Å²) >= 11 is 0. The summed E-state index contributed by atoms with van der Waals surface area (Å²) in [6, 6.07) is 7.80. The van der Waals surface area contributed by atoms with Crippen LogP contribution in [0.5, 0.6) is 11.5 Å². The molecule has 0 atom stereocenters. The average Bonchev–Trinajstić information content (AvgIpc) is 3.20. The summed E-state index contributed by atoms with van der Waals surface area (Å²) in [5, 5.41) is 13.3. The molecule has 3 rings (SSSR count). The third-order valence-electron chi connectivity index (χ3n) is 3.21. The molecular formula is C15H20IN5O2. The topological polar surface area (TPSA) is 83.6 Å². The molecule has 7 nitrogen and oxygen atoms in total. The van der Waals surface area contributed by atoms with Gasteiger partial charge in [-0.2, -0.15) is 5.10 Å². The van der Waals surface area contributed by atoms with E-state index in [9.17, 15) is 0 Å². The van der Waals surface area contributed by atoms with Gasteiger partial charge in [0.25, 0.3) is 0 Å². The second-order valence-corrected chi connectivity index (χ2v) is 4.82. The van der Waals surface area contributed by atoms with E-state index in [0.29, 0.717) is 13.1 Å². The Balaban J connectivity index is 0.00000192. The molecule has 124 valence electrons. The Morgan fingerprint density at radius 2 is 2.13 bits per heavy atom. The highest BCUT2D eigenvalue weighted by molar-refractivity contribution is 14.0. The Bertz CT molecular complexity index is 645. The van der Waals surface area contributed by atoms with Gasteiger partial charge in [0.2, 0.25) is 6.79 Å². The molecule has 1 aliphatic rings. The van der Waals surface area contributed by atoms with E-state index in [1.807, 2.05) is 31.2 Å².